The predicted octanol–water partition coefficient (Wildman–Crippen LogP) is 2.51. The fourth-order valence-corrected chi connectivity index (χ4v) is 0.929. The highest BCUT2D eigenvalue weighted by Crippen LogP contribution is 2.08. The molecule has 0 aliphatic rings. The van der Waals surface area contributed by atoms with Crippen molar-refractivity contribution in [2.24, 2.45) is 0 Å². The highest BCUT2D eigenvalue weighted by Gasteiger charge is 2.03. The maximum absolute atomic E-state index is 9.50. The second-order valence-corrected chi connectivity index (χ2v) is 2.87. The van der Waals surface area contributed by atoms with Crippen molar-refractivity contribution < 1.29 is 5.11 Å². The van der Waals surface area contributed by atoms with Crippen LogP contribution in [0.4, 0.5) is 0 Å². The van der Waals surface area contributed by atoms with E-state index in [-0.39, 0.29) is 6.10 Å². The van der Waals surface area contributed by atoms with Crippen LogP contribution >= 0.6 is 0 Å². The molecule has 0 aromatic heterocycles. The van der Waals surface area contributed by atoms with Crippen molar-refractivity contribution in [3.8, 4) is 11.8 Å². The largest absolute Gasteiger partial charge is 0.389 e. The Morgan fingerprint density at radius 3 is 2.75 bits per heavy atom. The summed E-state index contributed by atoms with van der Waals surface area (Å²) < 4.78 is 0. The first-order chi connectivity index (χ1) is 5.72. The fraction of sp³-hybridized carbons (Fsp3) is 0.636. The summed E-state index contributed by atoms with van der Waals surface area (Å²) in [5.74, 6) is 5.82. The van der Waals surface area contributed by atoms with Gasteiger partial charge in [0.1, 0.15) is 0 Å². The van der Waals surface area contributed by atoms with Gasteiger partial charge in [0.05, 0.1) is 6.10 Å². The number of allylic oxidation sites excluding steroid dienone is 1. The summed E-state index contributed by atoms with van der Waals surface area (Å²) in [6, 6.07) is 0. The molecule has 0 aromatic rings. The summed E-state index contributed by atoms with van der Waals surface area (Å²) in [4.78, 5) is 0. The van der Waals surface area contributed by atoms with Crippen LogP contribution in [0.3, 0.4) is 0 Å². The number of aliphatic hydroxyl groups excluding tert-OH is 1. The quantitative estimate of drug-likeness (QED) is 0.386. The number of unbranched alkanes of at least 4 members (excludes halogenated alkanes) is 1. The fourth-order valence-electron chi connectivity index (χ4n) is 0.929. The zero-order valence-corrected chi connectivity index (χ0v) is 8.22. The van der Waals surface area contributed by atoms with Gasteiger partial charge in [-0.05, 0) is 39.2 Å². The molecule has 0 aliphatic heterocycles. The summed E-state index contributed by atoms with van der Waals surface area (Å²) in [6.07, 6.45) is 4.38. The molecule has 1 heteroatoms. The molecule has 0 aromatic carbocycles. The van der Waals surface area contributed by atoms with E-state index in [1.165, 1.54) is 0 Å². The average molecular weight is 166 g/mol. The SMILES string of the molecule is CC#CCCCC(O)/C(C)=C/C. The monoisotopic (exact) mass is 166 g/mol. The summed E-state index contributed by atoms with van der Waals surface area (Å²) in [6.45, 7) is 5.74. The Morgan fingerprint density at radius 1 is 1.58 bits per heavy atom. The van der Waals surface area contributed by atoms with Gasteiger partial charge in [-0.1, -0.05) is 6.08 Å². The van der Waals surface area contributed by atoms with Gasteiger partial charge in [-0.2, -0.15) is 0 Å². The molecule has 0 saturated heterocycles. The molecular weight excluding hydrogens is 148 g/mol. The molecule has 0 rings (SSSR count). The normalized spacial score (nSPS) is 13.5. The molecule has 0 radical (unpaired) electrons. The topological polar surface area (TPSA) is 20.2 Å². The Morgan fingerprint density at radius 2 is 2.25 bits per heavy atom. The lowest BCUT2D eigenvalue weighted by Gasteiger charge is -2.08. The van der Waals surface area contributed by atoms with Crippen LogP contribution in [0.2, 0.25) is 0 Å². The molecule has 1 nitrogen and oxygen atoms in total. The number of hydrogen-bond acceptors (Lipinski definition) is 1. The van der Waals surface area contributed by atoms with E-state index in [2.05, 4.69) is 11.8 Å². The van der Waals surface area contributed by atoms with Crippen LogP contribution < -0.4 is 0 Å². The van der Waals surface area contributed by atoms with Gasteiger partial charge in [-0.15, -0.1) is 11.8 Å². The zero-order valence-electron chi connectivity index (χ0n) is 8.22. The van der Waals surface area contributed by atoms with Crippen LogP contribution in [-0.2, 0) is 0 Å². The molecule has 12 heavy (non-hydrogen) atoms. The Hall–Kier alpha value is -0.740. The van der Waals surface area contributed by atoms with Gasteiger partial charge >= 0.3 is 0 Å². The average Bonchev–Trinajstić information content (AvgIpc) is 2.10. The van der Waals surface area contributed by atoms with E-state index in [1.807, 2.05) is 26.8 Å². The Bertz CT molecular complexity index is 193. The van der Waals surface area contributed by atoms with Crippen LogP contribution in [0.25, 0.3) is 0 Å². The van der Waals surface area contributed by atoms with Crippen molar-refractivity contribution in [2.45, 2.75) is 46.1 Å². The summed E-state index contributed by atoms with van der Waals surface area (Å²) >= 11 is 0. The van der Waals surface area contributed by atoms with Gasteiger partial charge in [0.25, 0.3) is 0 Å². The minimum absolute atomic E-state index is 0.270. The predicted molar refractivity (Wildman–Crippen MR) is 52.7 cm³/mol. The Kier molecular flexibility index (Phi) is 6.51. The van der Waals surface area contributed by atoms with Crippen molar-refractivity contribution in [2.75, 3.05) is 0 Å². The third-order valence-electron chi connectivity index (χ3n) is 1.94. The Balaban J connectivity index is 3.55. The van der Waals surface area contributed by atoms with Crippen molar-refractivity contribution in [1.29, 1.82) is 0 Å². The van der Waals surface area contributed by atoms with Gasteiger partial charge in [-0.3, -0.25) is 0 Å². The molecular formula is C11H18O. The molecule has 0 heterocycles. The molecule has 0 spiro atoms. The standard InChI is InChI=1S/C11H18O/c1-4-6-7-8-9-11(12)10(3)5-2/h5,11-12H,7-9H2,1-3H3/b10-5+. The Labute approximate surface area is 75.5 Å². The molecule has 0 aliphatic carbocycles. The van der Waals surface area contributed by atoms with Gasteiger partial charge in [0.15, 0.2) is 0 Å². The number of aliphatic hydroxyl groups is 1. The molecule has 0 fully saturated rings. The molecule has 0 bridgehead atoms. The van der Waals surface area contributed by atoms with Crippen LogP contribution in [0, 0.1) is 11.8 Å². The van der Waals surface area contributed by atoms with Crippen LogP contribution in [0.15, 0.2) is 11.6 Å². The third-order valence-corrected chi connectivity index (χ3v) is 1.94. The maximum Gasteiger partial charge on any atom is 0.0747 e. The van der Waals surface area contributed by atoms with Crippen molar-refractivity contribution >= 4 is 0 Å². The van der Waals surface area contributed by atoms with Crippen LogP contribution in [0.5, 0.6) is 0 Å². The molecule has 0 saturated carbocycles. The van der Waals surface area contributed by atoms with E-state index < -0.39 is 0 Å². The maximum atomic E-state index is 9.50. The van der Waals surface area contributed by atoms with Gasteiger partial charge in [0, 0.05) is 6.42 Å². The minimum atomic E-state index is -0.270. The van der Waals surface area contributed by atoms with E-state index >= 15 is 0 Å². The first-order valence-electron chi connectivity index (χ1n) is 4.42. The van der Waals surface area contributed by atoms with E-state index in [4.69, 9.17) is 0 Å². The smallest absolute Gasteiger partial charge is 0.0747 e. The first-order valence-corrected chi connectivity index (χ1v) is 4.42. The zero-order chi connectivity index (χ0) is 9.40. The van der Waals surface area contributed by atoms with Crippen molar-refractivity contribution in [3.05, 3.63) is 11.6 Å². The lowest BCUT2D eigenvalue weighted by Crippen LogP contribution is -2.07. The minimum Gasteiger partial charge on any atom is -0.389 e. The van der Waals surface area contributed by atoms with Gasteiger partial charge in [0.2, 0.25) is 0 Å². The second-order valence-electron chi connectivity index (χ2n) is 2.87. The summed E-state index contributed by atoms with van der Waals surface area (Å²) in [5.41, 5.74) is 1.06. The molecule has 0 amide bonds. The molecule has 1 unspecified atom stereocenters. The lowest BCUT2D eigenvalue weighted by molar-refractivity contribution is 0.198. The van der Waals surface area contributed by atoms with Crippen molar-refractivity contribution in [1.82, 2.24) is 0 Å². The highest BCUT2D eigenvalue weighted by molar-refractivity contribution is 5.03. The third kappa shape index (κ3) is 4.98. The molecule has 68 valence electrons. The summed E-state index contributed by atoms with van der Waals surface area (Å²) in [7, 11) is 0. The van der Waals surface area contributed by atoms with E-state index in [9.17, 15) is 5.11 Å². The number of hydrogen-bond donors (Lipinski definition) is 1. The molecule has 1 atom stereocenters. The highest BCUT2D eigenvalue weighted by atomic mass is 16.3. The second kappa shape index (κ2) is 6.94. The van der Waals surface area contributed by atoms with Crippen LogP contribution in [-0.4, -0.2) is 11.2 Å². The molecule has 1 N–H and O–H groups in total. The first kappa shape index (κ1) is 11.3. The van der Waals surface area contributed by atoms with E-state index in [1.54, 1.807) is 0 Å². The van der Waals surface area contributed by atoms with Gasteiger partial charge < -0.3 is 5.11 Å². The van der Waals surface area contributed by atoms with Gasteiger partial charge in [-0.25, -0.2) is 0 Å². The van der Waals surface area contributed by atoms with Crippen LogP contribution in [0.1, 0.15) is 40.0 Å². The lowest BCUT2D eigenvalue weighted by atomic mass is 10.1. The van der Waals surface area contributed by atoms with E-state index in [0.717, 1.165) is 24.8 Å². The summed E-state index contributed by atoms with van der Waals surface area (Å²) in [5, 5.41) is 9.50. The van der Waals surface area contributed by atoms with E-state index in [0.29, 0.717) is 0 Å². The number of rotatable bonds is 4. The van der Waals surface area contributed by atoms with Crippen molar-refractivity contribution in [3.63, 3.8) is 0 Å².